The molecule has 1 N–H and O–H groups in total. The molecule has 1 aromatic carbocycles. The van der Waals surface area contributed by atoms with Crippen molar-refractivity contribution in [3.8, 4) is 11.6 Å². The number of aliphatic hydroxyl groups is 1. The highest BCUT2D eigenvalue weighted by Crippen LogP contribution is 2.35. The van der Waals surface area contributed by atoms with E-state index >= 15 is 0 Å². The lowest BCUT2D eigenvalue weighted by Gasteiger charge is -2.20. The normalized spacial score (nSPS) is 10.3. The Morgan fingerprint density at radius 3 is 2.54 bits per heavy atom. The van der Waals surface area contributed by atoms with Crippen LogP contribution in [0, 0.1) is 10.1 Å². The van der Waals surface area contributed by atoms with Crippen LogP contribution in [0.4, 0.5) is 11.5 Å². The van der Waals surface area contributed by atoms with Gasteiger partial charge in [0.25, 0.3) is 0 Å². The van der Waals surface area contributed by atoms with Crippen LogP contribution in [0.2, 0.25) is 0 Å². The molecule has 0 amide bonds. The molecule has 0 radical (unpaired) electrons. The molecule has 2 rings (SSSR count). The van der Waals surface area contributed by atoms with Gasteiger partial charge < -0.3 is 19.5 Å². The molecular formula is C16H18N4O6. The number of likely N-dealkylation sites (N-methyl/N-ethyl adjacent to an activating group) is 1. The summed E-state index contributed by atoms with van der Waals surface area (Å²) in [6, 6.07) is 5.89. The maximum Gasteiger partial charge on any atom is 0.373 e. The number of carbonyl (C=O) groups excluding carboxylic acids is 1. The van der Waals surface area contributed by atoms with Crippen molar-refractivity contribution in [1.82, 2.24) is 9.97 Å². The van der Waals surface area contributed by atoms with Gasteiger partial charge in [-0.2, -0.15) is 4.98 Å². The Morgan fingerprint density at radius 1 is 1.31 bits per heavy atom. The second-order valence-electron chi connectivity index (χ2n) is 5.03. The van der Waals surface area contributed by atoms with E-state index in [1.165, 1.54) is 31.4 Å². The molecule has 1 heterocycles. The van der Waals surface area contributed by atoms with Crippen LogP contribution in [0.15, 0.2) is 30.6 Å². The summed E-state index contributed by atoms with van der Waals surface area (Å²) in [5, 5.41) is 20.7. The number of anilines is 1. The topological polar surface area (TPSA) is 128 Å². The number of hydrogen-bond acceptors (Lipinski definition) is 9. The number of carbonyl (C=O) groups is 1. The number of ether oxygens (including phenoxy) is 2. The van der Waals surface area contributed by atoms with Gasteiger partial charge in [0.05, 0.1) is 24.2 Å². The molecule has 0 atom stereocenters. The zero-order chi connectivity index (χ0) is 19.1. The Labute approximate surface area is 149 Å². The minimum absolute atomic E-state index is 0.0581. The number of aromatic nitrogens is 2. The highest BCUT2D eigenvalue weighted by molar-refractivity contribution is 5.89. The first-order chi connectivity index (χ1) is 12.5. The van der Waals surface area contributed by atoms with Gasteiger partial charge in [-0.3, -0.25) is 10.1 Å². The summed E-state index contributed by atoms with van der Waals surface area (Å²) in [5.41, 5.74) is -0.0855. The fraction of sp³-hybridized carbons (Fsp3) is 0.312. The number of hydrogen-bond donors (Lipinski definition) is 1. The number of aliphatic hydroxyl groups excluding tert-OH is 1. The van der Waals surface area contributed by atoms with Crippen molar-refractivity contribution in [3.05, 3.63) is 46.3 Å². The van der Waals surface area contributed by atoms with Crippen molar-refractivity contribution in [3.63, 3.8) is 0 Å². The van der Waals surface area contributed by atoms with Gasteiger partial charge in [-0.05, 0) is 31.2 Å². The standard InChI is InChI=1S/C16H18N4O6/c1-3-19(8-9-21)14-13(20(23)24)15(18-10-17-14)26-12-6-4-11(5-7-12)16(22)25-2/h4-7,10,21H,3,8-9H2,1-2H3. The molecule has 0 bridgehead atoms. The average Bonchev–Trinajstić information content (AvgIpc) is 2.65. The summed E-state index contributed by atoms with van der Waals surface area (Å²) in [5.74, 6) is -0.421. The number of nitrogens with zero attached hydrogens (tertiary/aromatic N) is 4. The summed E-state index contributed by atoms with van der Waals surface area (Å²) in [6.45, 7) is 2.20. The molecule has 1 aromatic heterocycles. The molecule has 26 heavy (non-hydrogen) atoms. The molecule has 138 valence electrons. The van der Waals surface area contributed by atoms with Crippen LogP contribution in [0.1, 0.15) is 17.3 Å². The molecule has 0 saturated heterocycles. The van der Waals surface area contributed by atoms with E-state index in [1.54, 1.807) is 11.8 Å². The van der Waals surface area contributed by atoms with Crippen molar-refractivity contribution in [1.29, 1.82) is 0 Å². The monoisotopic (exact) mass is 362 g/mol. The Morgan fingerprint density at radius 2 is 2.00 bits per heavy atom. The van der Waals surface area contributed by atoms with E-state index in [9.17, 15) is 14.9 Å². The highest BCUT2D eigenvalue weighted by atomic mass is 16.6. The molecule has 10 heteroatoms. The smallest absolute Gasteiger partial charge is 0.373 e. The molecule has 0 fully saturated rings. The van der Waals surface area contributed by atoms with Crippen LogP contribution in [0.5, 0.6) is 11.6 Å². The zero-order valence-electron chi connectivity index (χ0n) is 14.3. The van der Waals surface area contributed by atoms with Crippen molar-refractivity contribution >= 4 is 17.5 Å². The summed E-state index contributed by atoms with van der Waals surface area (Å²) in [6.07, 6.45) is 1.15. The minimum atomic E-state index is -0.631. The second kappa shape index (κ2) is 8.72. The summed E-state index contributed by atoms with van der Waals surface area (Å²) < 4.78 is 10.1. The van der Waals surface area contributed by atoms with E-state index in [0.717, 1.165) is 6.33 Å². The first-order valence-electron chi connectivity index (χ1n) is 7.73. The number of rotatable bonds is 8. The molecule has 2 aromatic rings. The van der Waals surface area contributed by atoms with Gasteiger partial charge >= 0.3 is 17.5 Å². The minimum Gasteiger partial charge on any atom is -0.465 e. The lowest BCUT2D eigenvalue weighted by molar-refractivity contribution is -0.385. The fourth-order valence-corrected chi connectivity index (χ4v) is 2.24. The van der Waals surface area contributed by atoms with Crippen LogP contribution in [-0.4, -0.2) is 52.8 Å². The molecular weight excluding hydrogens is 344 g/mol. The van der Waals surface area contributed by atoms with Gasteiger partial charge in [0, 0.05) is 13.1 Å². The van der Waals surface area contributed by atoms with Gasteiger partial charge in [-0.25, -0.2) is 9.78 Å². The van der Waals surface area contributed by atoms with Crippen LogP contribution < -0.4 is 9.64 Å². The largest absolute Gasteiger partial charge is 0.465 e. The van der Waals surface area contributed by atoms with Gasteiger partial charge in [-0.1, -0.05) is 0 Å². The molecule has 0 unspecified atom stereocenters. The SMILES string of the molecule is CCN(CCO)c1ncnc(Oc2ccc(C(=O)OC)cc2)c1[N+](=O)[O-]. The molecule has 0 saturated carbocycles. The predicted molar refractivity (Wildman–Crippen MR) is 91.5 cm³/mol. The van der Waals surface area contributed by atoms with Crippen molar-refractivity contribution in [2.45, 2.75) is 6.92 Å². The number of nitro groups is 1. The quantitative estimate of drug-likeness (QED) is 0.424. The predicted octanol–water partition coefficient (Wildman–Crippen LogP) is 1.78. The first kappa shape index (κ1) is 19.1. The van der Waals surface area contributed by atoms with E-state index in [0.29, 0.717) is 12.1 Å². The van der Waals surface area contributed by atoms with Crippen LogP contribution in [-0.2, 0) is 4.74 Å². The van der Waals surface area contributed by atoms with Gasteiger partial charge in [-0.15, -0.1) is 0 Å². The van der Waals surface area contributed by atoms with E-state index in [2.05, 4.69) is 14.7 Å². The lowest BCUT2D eigenvalue weighted by atomic mass is 10.2. The zero-order valence-corrected chi connectivity index (χ0v) is 14.3. The lowest BCUT2D eigenvalue weighted by Crippen LogP contribution is -2.28. The Balaban J connectivity index is 2.37. The summed E-state index contributed by atoms with van der Waals surface area (Å²) in [7, 11) is 1.27. The molecule has 0 spiro atoms. The molecule has 0 aliphatic rings. The number of esters is 1. The summed E-state index contributed by atoms with van der Waals surface area (Å²) in [4.78, 5) is 31.7. The van der Waals surface area contributed by atoms with Gasteiger partial charge in [0.1, 0.15) is 12.1 Å². The van der Waals surface area contributed by atoms with Gasteiger partial charge in [0.15, 0.2) is 0 Å². The third-order valence-electron chi connectivity index (χ3n) is 3.49. The van der Waals surface area contributed by atoms with Crippen LogP contribution in [0.3, 0.4) is 0 Å². The Kier molecular flexibility index (Phi) is 6.39. The maximum absolute atomic E-state index is 11.5. The van der Waals surface area contributed by atoms with E-state index in [-0.39, 0.29) is 30.6 Å². The Bertz CT molecular complexity index is 781. The maximum atomic E-state index is 11.5. The molecule has 10 nitrogen and oxygen atoms in total. The molecule has 0 aliphatic carbocycles. The van der Waals surface area contributed by atoms with Crippen LogP contribution >= 0.6 is 0 Å². The van der Waals surface area contributed by atoms with Crippen molar-refractivity contribution in [2.24, 2.45) is 0 Å². The third-order valence-corrected chi connectivity index (χ3v) is 3.49. The fourth-order valence-electron chi connectivity index (χ4n) is 2.24. The molecule has 0 aliphatic heterocycles. The van der Waals surface area contributed by atoms with E-state index < -0.39 is 16.6 Å². The number of methoxy groups -OCH3 is 1. The number of benzene rings is 1. The van der Waals surface area contributed by atoms with E-state index in [1.807, 2.05) is 0 Å². The van der Waals surface area contributed by atoms with Crippen molar-refractivity contribution in [2.75, 3.05) is 31.7 Å². The van der Waals surface area contributed by atoms with E-state index in [4.69, 9.17) is 9.84 Å². The second-order valence-corrected chi connectivity index (χ2v) is 5.03. The Hall–Kier alpha value is -3.27. The average molecular weight is 362 g/mol. The van der Waals surface area contributed by atoms with Gasteiger partial charge in [0.2, 0.25) is 5.82 Å². The van der Waals surface area contributed by atoms with Crippen LogP contribution in [0.25, 0.3) is 0 Å². The first-order valence-corrected chi connectivity index (χ1v) is 7.73. The third kappa shape index (κ3) is 4.22. The van der Waals surface area contributed by atoms with Crippen molar-refractivity contribution < 1.29 is 24.3 Å². The summed E-state index contributed by atoms with van der Waals surface area (Å²) >= 11 is 0. The highest BCUT2D eigenvalue weighted by Gasteiger charge is 2.28.